The van der Waals surface area contributed by atoms with Crippen LogP contribution in [-0.2, 0) is 32.7 Å². The van der Waals surface area contributed by atoms with Crippen molar-refractivity contribution in [1.82, 2.24) is 0 Å². The van der Waals surface area contributed by atoms with Crippen molar-refractivity contribution in [2.75, 3.05) is 47.5 Å². The molecule has 0 spiro atoms. The van der Waals surface area contributed by atoms with Crippen molar-refractivity contribution < 1.29 is 47.2 Å². The van der Waals surface area contributed by atoms with Gasteiger partial charge >= 0.3 is 19.8 Å². The Morgan fingerprint density at radius 2 is 1.08 bits per heavy atom. The maximum Gasteiger partial charge on any atom is 0.472 e. The summed E-state index contributed by atoms with van der Waals surface area (Å²) >= 11 is 0. The van der Waals surface area contributed by atoms with Gasteiger partial charge in [0, 0.05) is 12.8 Å². The number of nitrogens with zero attached hydrogens (tertiary/aromatic N) is 1. The summed E-state index contributed by atoms with van der Waals surface area (Å²) in [5.41, 5.74) is 0. The molecule has 0 bridgehead atoms. The van der Waals surface area contributed by atoms with E-state index in [2.05, 4.69) is 68.5 Å². The third-order valence-electron chi connectivity index (χ3n) is 9.73. The molecule has 0 saturated heterocycles. The van der Waals surface area contributed by atoms with Gasteiger partial charge in [0.2, 0.25) is 0 Å². The van der Waals surface area contributed by atoms with E-state index in [-0.39, 0.29) is 26.1 Å². The molecule has 0 rings (SSSR count). The molecule has 0 aromatic heterocycles. The molecule has 0 amide bonds. The molecule has 10 nitrogen and oxygen atoms in total. The third-order valence-corrected chi connectivity index (χ3v) is 10.7. The van der Waals surface area contributed by atoms with E-state index in [1.54, 1.807) is 12.2 Å². The maximum atomic E-state index is 12.7. The summed E-state index contributed by atoms with van der Waals surface area (Å²) in [4.78, 5) is 35.4. The molecule has 0 aliphatic rings. The van der Waals surface area contributed by atoms with Gasteiger partial charge in [0.05, 0.1) is 33.9 Å². The highest BCUT2D eigenvalue weighted by molar-refractivity contribution is 7.47. The first-order chi connectivity index (χ1) is 29.9. The number of carbonyl (C=O) groups is 2. The molecule has 11 heteroatoms. The van der Waals surface area contributed by atoms with E-state index in [1.165, 1.54) is 51.4 Å². The molecule has 2 N–H and O–H groups in total. The Hall–Kier alpha value is -2.85. The van der Waals surface area contributed by atoms with E-state index in [0.29, 0.717) is 36.7 Å². The van der Waals surface area contributed by atoms with E-state index in [4.69, 9.17) is 18.5 Å². The number of likely N-dealkylation sites (N-methyl/N-ethyl adjacent to an activating group) is 1. The number of aliphatic hydroxyl groups is 1. The SMILES string of the molecule is CCCCC/C=C\C/C=C\CC(O)/C=C\C=C\CCCC(=O)O[C@H](COC(=O)CCCCCCCC/C=C\C/C=C\C/C=C\CCCCCC)COP(=O)(O)OCC[N+](C)(C)C. The highest BCUT2D eigenvalue weighted by Crippen LogP contribution is 2.43. The normalized spacial score (nSPS) is 14.8. The second-order valence-corrected chi connectivity index (χ2v) is 18.4. The molecule has 0 aromatic carbocycles. The van der Waals surface area contributed by atoms with Crippen molar-refractivity contribution in [2.24, 2.45) is 0 Å². The van der Waals surface area contributed by atoms with Crippen molar-refractivity contribution in [3.63, 3.8) is 0 Å². The van der Waals surface area contributed by atoms with Crippen LogP contribution in [0.5, 0.6) is 0 Å². The van der Waals surface area contributed by atoms with Crippen LogP contribution in [0.1, 0.15) is 168 Å². The van der Waals surface area contributed by atoms with Gasteiger partial charge in [-0.25, -0.2) is 4.57 Å². The van der Waals surface area contributed by atoms with Crippen LogP contribution in [0, 0.1) is 0 Å². The van der Waals surface area contributed by atoms with Crippen LogP contribution in [-0.4, -0.2) is 86.1 Å². The Labute approximate surface area is 378 Å². The highest BCUT2D eigenvalue weighted by atomic mass is 31.2. The van der Waals surface area contributed by atoms with Gasteiger partial charge in [-0.2, -0.15) is 0 Å². The molecule has 0 heterocycles. The largest absolute Gasteiger partial charge is 0.472 e. The lowest BCUT2D eigenvalue weighted by Crippen LogP contribution is -2.37. The zero-order chi connectivity index (χ0) is 45.8. The van der Waals surface area contributed by atoms with Crippen molar-refractivity contribution in [3.05, 3.63) is 85.1 Å². The average Bonchev–Trinajstić information content (AvgIpc) is 3.22. The van der Waals surface area contributed by atoms with Crippen LogP contribution >= 0.6 is 7.82 Å². The highest BCUT2D eigenvalue weighted by Gasteiger charge is 2.27. The molecule has 2 unspecified atom stereocenters. The van der Waals surface area contributed by atoms with Crippen LogP contribution in [0.4, 0.5) is 0 Å². The Morgan fingerprint density at radius 3 is 1.69 bits per heavy atom. The summed E-state index contributed by atoms with van der Waals surface area (Å²) in [6.07, 6.45) is 50.9. The lowest BCUT2D eigenvalue weighted by Gasteiger charge is -2.24. The van der Waals surface area contributed by atoms with E-state index >= 15 is 0 Å². The fourth-order valence-electron chi connectivity index (χ4n) is 5.92. The number of hydrogen-bond acceptors (Lipinski definition) is 8. The Morgan fingerprint density at radius 1 is 0.581 bits per heavy atom. The van der Waals surface area contributed by atoms with Gasteiger partial charge in [-0.1, -0.05) is 157 Å². The Kier molecular flexibility index (Phi) is 40.2. The fraction of sp³-hybridized carbons (Fsp3) is 0.686. The van der Waals surface area contributed by atoms with Crippen LogP contribution in [0.25, 0.3) is 0 Å². The topological polar surface area (TPSA) is 129 Å². The minimum atomic E-state index is -4.42. The van der Waals surface area contributed by atoms with Gasteiger partial charge in [0.25, 0.3) is 0 Å². The maximum absolute atomic E-state index is 12.7. The first-order valence-electron chi connectivity index (χ1n) is 23.9. The number of quaternary nitrogens is 1. The molecule has 0 aliphatic heterocycles. The van der Waals surface area contributed by atoms with E-state index < -0.39 is 38.6 Å². The summed E-state index contributed by atoms with van der Waals surface area (Å²) in [5, 5.41) is 10.2. The zero-order valence-corrected chi connectivity index (χ0v) is 40.6. The number of ether oxygens (including phenoxy) is 2. The Bertz CT molecular complexity index is 1340. The van der Waals surface area contributed by atoms with Crippen molar-refractivity contribution >= 4 is 19.8 Å². The molecule has 0 saturated carbocycles. The molecule has 0 aromatic rings. The number of hydrogen-bond donors (Lipinski definition) is 2. The molecule has 0 aliphatic carbocycles. The zero-order valence-electron chi connectivity index (χ0n) is 39.7. The second kappa shape index (κ2) is 42.1. The van der Waals surface area contributed by atoms with Crippen LogP contribution in [0.15, 0.2) is 85.1 Å². The summed E-state index contributed by atoms with van der Waals surface area (Å²) < 4.78 is 34.2. The summed E-state index contributed by atoms with van der Waals surface area (Å²) in [5.74, 6) is -0.950. The van der Waals surface area contributed by atoms with Crippen LogP contribution in [0.2, 0.25) is 0 Å². The summed E-state index contributed by atoms with van der Waals surface area (Å²) in [6, 6.07) is 0. The average molecular weight is 891 g/mol. The van der Waals surface area contributed by atoms with Gasteiger partial charge in [0.1, 0.15) is 19.8 Å². The van der Waals surface area contributed by atoms with Crippen molar-refractivity contribution in [2.45, 2.75) is 180 Å². The van der Waals surface area contributed by atoms with Crippen LogP contribution < -0.4 is 0 Å². The minimum absolute atomic E-state index is 0.000778. The number of esters is 2. The Balaban J connectivity index is 4.51. The molecular formula is C51H89NO9P+. The number of carbonyl (C=O) groups excluding carboxylic acids is 2. The van der Waals surface area contributed by atoms with Crippen LogP contribution in [0.3, 0.4) is 0 Å². The molecule has 0 fully saturated rings. The van der Waals surface area contributed by atoms with Gasteiger partial charge < -0.3 is 24.0 Å². The number of rotatable bonds is 42. The quantitative estimate of drug-likeness (QED) is 0.0154. The van der Waals surface area contributed by atoms with Gasteiger partial charge in [-0.05, 0) is 83.5 Å². The second-order valence-electron chi connectivity index (χ2n) is 17.0. The first-order valence-corrected chi connectivity index (χ1v) is 25.4. The monoisotopic (exact) mass is 891 g/mol. The standard InChI is InChI=1S/C51H88NO9P/c1-6-8-10-12-14-16-17-18-19-20-21-22-23-24-25-26-28-30-34-38-42-50(54)58-46-49(47-60-62(56,57)59-45-44-52(3,4)5)61-51(55)43-39-35-31-33-37-41-48(53)40-36-32-29-27-15-13-11-9-7-2/h15-17,19-20,22-23,27,31-33,36-37,41,48-49,53H,6-14,18,21,24-26,28-30,34-35,38-40,42-47H2,1-5H3/p+1/b17-16-,20-19-,23-22-,27-15-,33-31+,36-32-,41-37-/t48?,49-/m1/s1. The molecular weight excluding hydrogens is 802 g/mol. The predicted octanol–water partition coefficient (Wildman–Crippen LogP) is 12.9. The lowest BCUT2D eigenvalue weighted by atomic mass is 10.1. The van der Waals surface area contributed by atoms with Gasteiger partial charge in [-0.15, -0.1) is 0 Å². The first kappa shape index (κ1) is 59.1. The van der Waals surface area contributed by atoms with Gasteiger partial charge in [-0.3, -0.25) is 18.6 Å². The smallest absolute Gasteiger partial charge is 0.462 e. The summed E-state index contributed by atoms with van der Waals surface area (Å²) in [6.45, 7) is 4.17. The molecule has 62 heavy (non-hydrogen) atoms. The predicted molar refractivity (Wildman–Crippen MR) is 258 cm³/mol. The molecule has 3 atom stereocenters. The van der Waals surface area contributed by atoms with Crippen molar-refractivity contribution in [3.8, 4) is 0 Å². The lowest BCUT2D eigenvalue weighted by molar-refractivity contribution is -0.870. The number of phosphoric ester groups is 1. The third kappa shape index (κ3) is 45.2. The van der Waals surface area contributed by atoms with E-state index in [9.17, 15) is 24.2 Å². The number of unbranched alkanes of at least 4 members (excludes halogenated alkanes) is 14. The fourth-order valence-corrected chi connectivity index (χ4v) is 6.66. The summed E-state index contributed by atoms with van der Waals surface area (Å²) in [7, 11) is 1.37. The van der Waals surface area contributed by atoms with E-state index in [0.717, 1.165) is 64.2 Å². The van der Waals surface area contributed by atoms with E-state index in [1.807, 2.05) is 39.4 Å². The minimum Gasteiger partial charge on any atom is -0.462 e. The number of aliphatic hydroxyl groups excluding tert-OH is 1. The van der Waals surface area contributed by atoms with Crippen molar-refractivity contribution in [1.29, 1.82) is 0 Å². The molecule has 0 radical (unpaired) electrons. The van der Waals surface area contributed by atoms with Gasteiger partial charge in [0.15, 0.2) is 6.10 Å². The molecule has 356 valence electrons. The number of allylic oxidation sites excluding steroid dienone is 12. The number of phosphoric acid groups is 1.